The van der Waals surface area contributed by atoms with Crippen molar-refractivity contribution in [3.05, 3.63) is 27.2 Å². The molecule has 8 heteroatoms. The molecule has 0 spiro atoms. The monoisotopic (exact) mass is 375 g/mol. The molecule has 0 saturated heterocycles. The zero-order valence-corrected chi connectivity index (χ0v) is 13.1. The molecule has 4 nitrogen and oxygen atoms in total. The number of phenols is 1. The van der Waals surface area contributed by atoms with Gasteiger partial charge in [-0.1, -0.05) is 17.7 Å². The van der Waals surface area contributed by atoms with Crippen LogP contribution < -0.4 is 5.73 Å². The summed E-state index contributed by atoms with van der Waals surface area (Å²) in [5, 5.41) is 10.0. The molecule has 19 heavy (non-hydrogen) atoms. The van der Waals surface area contributed by atoms with Crippen molar-refractivity contribution < 1.29 is 19.0 Å². The maximum Gasteiger partial charge on any atom is 0.342 e. The second-order valence-corrected chi connectivity index (χ2v) is 4.68. The number of hydrogen-bond donors (Lipinski definition) is 2. The Morgan fingerprint density at radius 1 is 1.63 bits per heavy atom. The molecule has 1 aromatic carbocycles. The number of ether oxygens (including phenoxy) is 1. The Morgan fingerprint density at radius 2 is 2.21 bits per heavy atom. The van der Waals surface area contributed by atoms with Crippen molar-refractivity contribution in [2.45, 2.75) is 19.1 Å². The van der Waals surface area contributed by atoms with Crippen LogP contribution in [-0.2, 0) is 9.53 Å². The van der Waals surface area contributed by atoms with Crippen LogP contribution in [0.3, 0.4) is 0 Å². The summed E-state index contributed by atoms with van der Waals surface area (Å²) in [6, 6.07) is 1.48. The van der Waals surface area contributed by atoms with E-state index in [1.807, 2.05) is 0 Å². The summed E-state index contributed by atoms with van der Waals surface area (Å²) in [5.41, 5.74) is 5.67. The highest BCUT2D eigenvalue weighted by molar-refractivity contribution is 9.10. The molecule has 0 amide bonds. The molecule has 0 saturated carbocycles. The quantitative estimate of drug-likeness (QED) is 0.792. The lowest BCUT2D eigenvalue weighted by atomic mass is 10.0. The third-order valence-electron chi connectivity index (χ3n) is 2.29. The zero-order valence-electron chi connectivity index (χ0n) is 9.90. The summed E-state index contributed by atoms with van der Waals surface area (Å²) in [6.07, 6.45) is -2.05. The maximum absolute atomic E-state index is 13.7. The van der Waals surface area contributed by atoms with E-state index in [2.05, 4.69) is 20.7 Å². The summed E-state index contributed by atoms with van der Waals surface area (Å²) >= 11 is 8.79. The number of benzene rings is 1. The first kappa shape index (κ1) is 18.4. The Balaban J connectivity index is 0.00000324. The van der Waals surface area contributed by atoms with Crippen molar-refractivity contribution in [2.24, 2.45) is 5.73 Å². The van der Waals surface area contributed by atoms with Crippen molar-refractivity contribution >= 4 is 45.9 Å². The normalized spacial score (nSPS) is 13.3. The van der Waals surface area contributed by atoms with Crippen LogP contribution in [0.5, 0.6) is 5.75 Å². The van der Waals surface area contributed by atoms with Gasteiger partial charge >= 0.3 is 5.97 Å². The van der Waals surface area contributed by atoms with Crippen molar-refractivity contribution in [3.63, 3.8) is 0 Å². The van der Waals surface area contributed by atoms with Gasteiger partial charge in [-0.3, -0.25) is 0 Å². The molecule has 1 aromatic rings. The molecule has 2 atom stereocenters. The molecule has 108 valence electrons. The predicted molar refractivity (Wildman–Crippen MR) is 76.5 cm³/mol. The summed E-state index contributed by atoms with van der Waals surface area (Å²) < 4.78 is 18.4. The number of esters is 1. The third-order valence-corrected chi connectivity index (χ3v) is 3.63. The van der Waals surface area contributed by atoms with Crippen LogP contribution >= 0.6 is 39.9 Å². The molecule has 0 aromatic heterocycles. The van der Waals surface area contributed by atoms with Gasteiger partial charge in [0, 0.05) is 5.56 Å². The molecule has 0 fully saturated rings. The second-order valence-electron chi connectivity index (χ2n) is 3.48. The summed E-state index contributed by atoms with van der Waals surface area (Å²) in [7, 11) is 0. The van der Waals surface area contributed by atoms with E-state index in [1.54, 1.807) is 6.92 Å². The first-order valence-electron chi connectivity index (χ1n) is 5.13. The number of nitrogens with two attached hydrogens (primary N) is 1. The minimum atomic E-state index is -2.05. The van der Waals surface area contributed by atoms with E-state index >= 15 is 0 Å². The fraction of sp³-hybridized carbons (Fsp3) is 0.364. The topological polar surface area (TPSA) is 72.5 Å². The molecule has 0 aliphatic rings. The lowest BCUT2D eigenvalue weighted by Gasteiger charge is -2.17. The minimum Gasteiger partial charge on any atom is -0.506 e. The maximum atomic E-state index is 13.7. The van der Waals surface area contributed by atoms with Crippen molar-refractivity contribution in [1.82, 2.24) is 0 Å². The van der Waals surface area contributed by atoms with Gasteiger partial charge < -0.3 is 15.6 Å². The van der Waals surface area contributed by atoms with E-state index in [-0.39, 0.29) is 39.8 Å². The Morgan fingerprint density at radius 3 is 2.74 bits per heavy atom. The lowest BCUT2D eigenvalue weighted by Crippen LogP contribution is -2.31. The van der Waals surface area contributed by atoms with Crippen molar-refractivity contribution in [2.75, 3.05) is 6.61 Å². The van der Waals surface area contributed by atoms with E-state index in [4.69, 9.17) is 17.3 Å². The van der Waals surface area contributed by atoms with Crippen LogP contribution in [-0.4, -0.2) is 23.9 Å². The Kier molecular flexibility index (Phi) is 7.66. The molecule has 1 unspecified atom stereocenters. The lowest BCUT2D eigenvalue weighted by molar-refractivity contribution is -0.149. The molecule has 3 N–H and O–H groups in total. The zero-order chi connectivity index (χ0) is 13.9. The molecule has 0 heterocycles. The smallest absolute Gasteiger partial charge is 0.342 e. The van der Waals surface area contributed by atoms with E-state index in [0.717, 1.165) is 0 Å². The van der Waals surface area contributed by atoms with Gasteiger partial charge in [0.25, 0.3) is 0 Å². The first-order chi connectivity index (χ1) is 8.40. The van der Waals surface area contributed by atoms with Gasteiger partial charge in [-0.2, -0.15) is 0 Å². The number of hydrogen-bond acceptors (Lipinski definition) is 4. The van der Waals surface area contributed by atoms with Crippen LogP contribution in [0.15, 0.2) is 16.6 Å². The number of carbonyl (C=O) groups is 1. The van der Waals surface area contributed by atoms with Crippen LogP contribution in [0.1, 0.15) is 18.5 Å². The third kappa shape index (κ3) is 4.21. The number of rotatable bonds is 4. The van der Waals surface area contributed by atoms with Crippen LogP contribution in [0.2, 0.25) is 5.02 Å². The highest BCUT2D eigenvalue weighted by Crippen LogP contribution is 2.37. The van der Waals surface area contributed by atoms with Gasteiger partial charge in [0.05, 0.1) is 22.1 Å². The molecular weight excluding hydrogens is 364 g/mol. The number of halogens is 4. The van der Waals surface area contributed by atoms with Gasteiger partial charge in [0.1, 0.15) is 5.75 Å². The van der Waals surface area contributed by atoms with Crippen molar-refractivity contribution in [3.8, 4) is 5.75 Å². The van der Waals surface area contributed by atoms with Crippen LogP contribution in [0, 0.1) is 0 Å². The Labute approximate surface area is 129 Å². The number of alkyl halides is 1. The highest BCUT2D eigenvalue weighted by atomic mass is 79.9. The SMILES string of the molecule is CCOC(=O)C(F)[C@H](N)c1ccc(Cl)c(Br)c1O.Cl. The van der Waals surface area contributed by atoms with Gasteiger partial charge in [-0.15, -0.1) is 12.4 Å². The first-order valence-corrected chi connectivity index (χ1v) is 6.30. The second kappa shape index (κ2) is 7.89. The van der Waals surface area contributed by atoms with E-state index in [1.165, 1.54) is 12.1 Å². The van der Waals surface area contributed by atoms with Gasteiger partial charge in [0.15, 0.2) is 0 Å². The molecule has 1 rings (SSSR count). The number of aromatic hydroxyl groups is 1. The standard InChI is InChI=1S/C11H12BrClFNO3.ClH/c1-2-18-11(17)8(14)9(15)5-3-4-6(13)7(12)10(5)16;/h3-4,8-9,16H,2,15H2,1H3;1H/t8?,9-;/m1./s1. The van der Waals surface area contributed by atoms with Crippen LogP contribution in [0.4, 0.5) is 4.39 Å². The van der Waals surface area contributed by atoms with Gasteiger partial charge in [-0.05, 0) is 28.9 Å². The average Bonchev–Trinajstić information content (AvgIpc) is 2.35. The highest BCUT2D eigenvalue weighted by Gasteiger charge is 2.30. The van der Waals surface area contributed by atoms with Crippen molar-refractivity contribution in [1.29, 1.82) is 0 Å². The fourth-order valence-corrected chi connectivity index (χ4v) is 1.86. The molecule has 0 aliphatic carbocycles. The van der Waals surface area contributed by atoms with E-state index in [9.17, 15) is 14.3 Å². The summed E-state index contributed by atoms with van der Waals surface area (Å²) in [4.78, 5) is 11.2. The number of phenolic OH excluding ortho intramolecular Hbond substituents is 1. The molecular formula is C11H13BrCl2FNO3. The Hall–Kier alpha value is -0.560. The van der Waals surface area contributed by atoms with Gasteiger partial charge in [0.2, 0.25) is 6.17 Å². The largest absolute Gasteiger partial charge is 0.506 e. The Bertz CT molecular complexity index is 462. The predicted octanol–water partition coefficient (Wildman–Crippen LogP) is 3.13. The summed E-state index contributed by atoms with van der Waals surface area (Å²) in [5.74, 6) is -1.35. The fourth-order valence-electron chi connectivity index (χ4n) is 1.35. The van der Waals surface area contributed by atoms with Crippen LogP contribution in [0.25, 0.3) is 0 Å². The molecule has 0 radical (unpaired) electrons. The number of carbonyl (C=O) groups excluding carboxylic acids is 1. The van der Waals surface area contributed by atoms with E-state index in [0.29, 0.717) is 0 Å². The molecule has 0 bridgehead atoms. The average molecular weight is 377 g/mol. The van der Waals surface area contributed by atoms with Gasteiger partial charge in [-0.25, -0.2) is 9.18 Å². The van der Waals surface area contributed by atoms with E-state index < -0.39 is 18.2 Å². The summed E-state index contributed by atoms with van der Waals surface area (Å²) in [6.45, 7) is 1.62. The minimum absolute atomic E-state index is 0. The molecule has 0 aliphatic heterocycles.